The van der Waals surface area contributed by atoms with Gasteiger partial charge in [0, 0.05) is 19.0 Å². The molecule has 0 unspecified atom stereocenters. The number of benzene rings is 2. The maximum Gasteiger partial charge on any atom is 0.308 e. The van der Waals surface area contributed by atoms with Gasteiger partial charge in [0.2, 0.25) is 5.91 Å². The van der Waals surface area contributed by atoms with Crippen LogP contribution in [0.4, 0.5) is 0 Å². The van der Waals surface area contributed by atoms with E-state index in [4.69, 9.17) is 0 Å². The summed E-state index contributed by atoms with van der Waals surface area (Å²) in [6.45, 7) is 1.07. The summed E-state index contributed by atoms with van der Waals surface area (Å²) in [7, 11) is 0. The summed E-state index contributed by atoms with van der Waals surface area (Å²) >= 11 is 0. The predicted octanol–water partition coefficient (Wildman–Crippen LogP) is 3.27. The summed E-state index contributed by atoms with van der Waals surface area (Å²) in [6, 6.07) is 14.7. The zero-order valence-corrected chi connectivity index (χ0v) is 13.5. The van der Waals surface area contributed by atoms with E-state index in [9.17, 15) is 14.7 Å². The number of hydrogen-bond donors (Lipinski definition) is 1. The van der Waals surface area contributed by atoms with Crippen molar-refractivity contribution in [1.29, 1.82) is 0 Å². The third kappa shape index (κ3) is 2.77. The van der Waals surface area contributed by atoms with E-state index >= 15 is 0 Å². The Bertz CT molecular complexity index is 800. The van der Waals surface area contributed by atoms with Gasteiger partial charge in [0.1, 0.15) is 0 Å². The number of carbonyl (C=O) groups is 2. The van der Waals surface area contributed by atoms with E-state index < -0.39 is 11.9 Å². The van der Waals surface area contributed by atoms with Gasteiger partial charge in [0.05, 0.1) is 5.92 Å². The first kappa shape index (κ1) is 15.2. The second kappa shape index (κ2) is 5.93. The van der Waals surface area contributed by atoms with Gasteiger partial charge in [-0.25, -0.2) is 0 Å². The van der Waals surface area contributed by atoms with Gasteiger partial charge in [0.15, 0.2) is 0 Å². The van der Waals surface area contributed by atoms with Crippen molar-refractivity contribution in [1.82, 2.24) is 4.90 Å². The summed E-state index contributed by atoms with van der Waals surface area (Å²) in [4.78, 5) is 25.7. The van der Waals surface area contributed by atoms with E-state index in [1.807, 2.05) is 12.1 Å². The summed E-state index contributed by atoms with van der Waals surface area (Å²) < 4.78 is 0. The maximum absolute atomic E-state index is 12.7. The van der Waals surface area contributed by atoms with Crippen LogP contribution in [0.5, 0.6) is 0 Å². The number of carboxylic acids is 1. The number of nitrogens with zero attached hydrogens (tertiary/aromatic N) is 1. The lowest BCUT2D eigenvalue weighted by Crippen LogP contribution is -2.43. The van der Waals surface area contributed by atoms with Crippen LogP contribution in [0, 0.1) is 11.8 Å². The highest BCUT2D eigenvalue weighted by Gasteiger charge is 2.46. The van der Waals surface area contributed by atoms with Crippen LogP contribution in [-0.2, 0) is 9.59 Å². The van der Waals surface area contributed by atoms with Crippen molar-refractivity contribution >= 4 is 22.6 Å². The Labute approximate surface area is 141 Å². The fourth-order valence-corrected chi connectivity index (χ4v) is 3.89. The first-order valence-corrected chi connectivity index (χ1v) is 8.64. The molecule has 0 spiro atoms. The van der Waals surface area contributed by atoms with Gasteiger partial charge in [-0.3, -0.25) is 9.59 Å². The maximum atomic E-state index is 12.7. The van der Waals surface area contributed by atoms with Crippen LogP contribution >= 0.6 is 0 Å². The fourth-order valence-electron chi connectivity index (χ4n) is 3.89. The highest BCUT2D eigenvalue weighted by molar-refractivity contribution is 5.86. The number of rotatable bonds is 3. The van der Waals surface area contributed by atoms with E-state index in [1.54, 1.807) is 4.90 Å². The number of carbonyl (C=O) groups excluding carboxylic acids is 1. The molecule has 1 saturated heterocycles. The van der Waals surface area contributed by atoms with E-state index in [-0.39, 0.29) is 17.7 Å². The molecule has 1 N–H and O–H groups in total. The molecule has 3 atom stereocenters. The summed E-state index contributed by atoms with van der Waals surface area (Å²) in [6.07, 6.45) is 2.35. The molecule has 1 aliphatic heterocycles. The Morgan fingerprint density at radius 1 is 1.08 bits per heavy atom. The number of piperidine rings is 1. The molecule has 0 radical (unpaired) electrons. The Kier molecular flexibility index (Phi) is 3.75. The number of fused-ring (bicyclic) bond motifs is 1. The first-order chi connectivity index (χ1) is 11.6. The van der Waals surface area contributed by atoms with Crippen molar-refractivity contribution in [2.24, 2.45) is 11.8 Å². The quantitative estimate of drug-likeness (QED) is 0.943. The summed E-state index contributed by atoms with van der Waals surface area (Å²) in [5.41, 5.74) is 1.22. The van der Waals surface area contributed by atoms with E-state index in [0.29, 0.717) is 19.5 Å². The molecule has 24 heavy (non-hydrogen) atoms. The van der Waals surface area contributed by atoms with Gasteiger partial charge in [-0.1, -0.05) is 42.5 Å². The SMILES string of the molecule is O=C(O)[C@H]1CCCN(C(=O)[C@@H]2C[C@H]2c2ccc3ccccc3c2)C1. The lowest BCUT2D eigenvalue weighted by molar-refractivity contribution is -0.146. The molecule has 4 heteroatoms. The lowest BCUT2D eigenvalue weighted by Gasteiger charge is -2.31. The van der Waals surface area contributed by atoms with Gasteiger partial charge in [0.25, 0.3) is 0 Å². The monoisotopic (exact) mass is 323 g/mol. The van der Waals surface area contributed by atoms with Gasteiger partial charge < -0.3 is 10.0 Å². The Morgan fingerprint density at radius 2 is 1.88 bits per heavy atom. The number of hydrogen-bond acceptors (Lipinski definition) is 2. The van der Waals surface area contributed by atoms with Crippen molar-refractivity contribution in [2.45, 2.75) is 25.2 Å². The number of amides is 1. The molecule has 4 nitrogen and oxygen atoms in total. The van der Waals surface area contributed by atoms with Gasteiger partial charge in [-0.15, -0.1) is 0 Å². The molecule has 0 aromatic heterocycles. The molecule has 124 valence electrons. The van der Waals surface area contributed by atoms with Crippen LogP contribution in [0.3, 0.4) is 0 Å². The minimum absolute atomic E-state index is 0.0266. The van der Waals surface area contributed by atoms with Crippen LogP contribution in [0.1, 0.15) is 30.7 Å². The topological polar surface area (TPSA) is 57.6 Å². The lowest BCUT2D eigenvalue weighted by atomic mass is 9.97. The normalized spacial score (nSPS) is 26.3. The summed E-state index contributed by atoms with van der Waals surface area (Å²) in [5.74, 6) is -0.736. The fraction of sp³-hybridized carbons (Fsp3) is 0.400. The van der Waals surface area contributed by atoms with Crippen molar-refractivity contribution < 1.29 is 14.7 Å². The molecular formula is C20H21NO3. The minimum atomic E-state index is -0.783. The Morgan fingerprint density at radius 3 is 2.67 bits per heavy atom. The smallest absolute Gasteiger partial charge is 0.308 e. The van der Waals surface area contributed by atoms with E-state index in [1.165, 1.54) is 16.3 Å². The highest BCUT2D eigenvalue weighted by Crippen LogP contribution is 2.49. The molecule has 1 saturated carbocycles. The zero-order valence-electron chi connectivity index (χ0n) is 13.5. The van der Waals surface area contributed by atoms with Crippen LogP contribution in [-0.4, -0.2) is 35.0 Å². The molecule has 2 aliphatic rings. The zero-order chi connectivity index (χ0) is 16.7. The van der Waals surface area contributed by atoms with Gasteiger partial charge >= 0.3 is 5.97 Å². The number of aliphatic carboxylic acids is 1. The minimum Gasteiger partial charge on any atom is -0.481 e. The second-order valence-corrected chi connectivity index (χ2v) is 7.02. The van der Waals surface area contributed by atoms with Crippen molar-refractivity contribution in [2.75, 3.05) is 13.1 Å². The molecule has 0 bridgehead atoms. The average molecular weight is 323 g/mol. The molecular weight excluding hydrogens is 302 g/mol. The Hall–Kier alpha value is -2.36. The van der Waals surface area contributed by atoms with Crippen molar-refractivity contribution in [3.63, 3.8) is 0 Å². The number of likely N-dealkylation sites (tertiary alicyclic amines) is 1. The van der Waals surface area contributed by atoms with Gasteiger partial charge in [-0.05, 0) is 41.5 Å². The third-order valence-corrected chi connectivity index (χ3v) is 5.39. The molecule has 4 rings (SSSR count). The van der Waals surface area contributed by atoms with Crippen molar-refractivity contribution in [3.05, 3.63) is 48.0 Å². The van der Waals surface area contributed by atoms with Crippen LogP contribution in [0.2, 0.25) is 0 Å². The van der Waals surface area contributed by atoms with Crippen molar-refractivity contribution in [3.8, 4) is 0 Å². The molecule has 2 fully saturated rings. The molecule has 1 heterocycles. The highest BCUT2D eigenvalue weighted by atomic mass is 16.4. The third-order valence-electron chi connectivity index (χ3n) is 5.39. The van der Waals surface area contributed by atoms with Crippen LogP contribution in [0.25, 0.3) is 10.8 Å². The van der Waals surface area contributed by atoms with E-state index in [2.05, 4.69) is 30.3 Å². The molecule has 1 aliphatic carbocycles. The average Bonchev–Trinajstić information content (AvgIpc) is 3.41. The largest absolute Gasteiger partial charge is 0.481 e. The first-order valence-electron chi connectivity index (χ1n) is 8.64. The molecule has 1 amide bonds. The predicted molar refractivity (Wildman–Crippen MR) is 91.7 cm³/mol. The molecule has 2 aromatic rings. The number of carboxylic acid groups (broad SMARTS) is 1. The van der Waals surface area contributed by atoms with Crippen LogP contribution < -0.4 is 0 Å². The van der Waals surface area contributed by atoms with E-state index in [0.717, 1.165) is 12.8 Å². The Balaban J connectivity index is 1.46. The summed E-state index contributed by atoms with van der Waals surface area (Å²) in [5, 5.41) is 11.6. The second-order valence-electron chi connectivity index (χ2n) is 7.02. The molecule has 2 aromatic carbocycles. The van der Waals surface area contributed by atoms with Gasteiger partial charge in [-0.2, -0.15) is 0 Å². The standard InChI is InChI=1S/C20H21NO3/c22-19(21-9-3-6-16(12-21)20(23)24)18-11-17(18)15-8-7-13-4-1-2-5-14(13)10-15/h1-2,4-5,7-8,10,16-18H,3,6,9,11-12H2,(H,23,24)/t16-,17-,18+/m0/s1. The van der Waals surface area contributed by atoms with Crippen LogP contribution in [0.15, 0.2) is 42.5 Å².